The highest BCUT2D eigenvalue weighted by atomic mass is 35.5. The van der Waals surface area contributed by atoms with Crippen LogP contribution in [0.3, 0.4) is 0 Å². The summed E-state index contributed by atoms with van der Waals surface area (Å²) in [7, 11) is -11.2. The Hall–Kier alpha value is -7.44. The number of unbranched alkanes of at least 4 members (excludes halogenated alkanes) is 3. The van der Waals surface area contributed by atoms with Crippen LogP contribution in [0.2, 0.25) is 5.02 Å². The van der Waals surface area contributed by atoms with Crippen molar-refractivity contribution < 1.29 is 63.5 Å². The second-order valence-corrected chi connectivity index (χ2v) is 34.9. The average molecular weight is 1560 g/mol. The smallest absolute Gasteiger partial charge is 0.391 e. The number of nitrogens with one attached hydrogen (secondary N) is 4. The van der Waals surface area contributed by atoms with Crippen molar-refractivity contribution in [1.82, 2.24) is 39.9 Å². The van der Waals surface area contributed by atoms with E-state index in [1.54, 1.807) is 46.0 Å². The average Bonchev–Trinajstić information content (AvgIpc) is 0.958. The second kappa shape index (κ2) is 36.2. The first kappa shape index (κ1) is 81.1. The summed E-state index contributed by atoms with van der Waals surface area (Å²) >= 11 is 9.02. The monoisotopic (exact) mass is 1560 g/mol. The molecule has 5 aromatic carbocycles. The maximum Gasteiger partial charge on any atom is 0.501 e. The van der Waals surface area contributed by atoms with Crippen LogP contribution in [-0.4, -0.2) is 184 Å². The van der Waals surface area contributed by atoms with Gasteiger partial charge in [-0.2, -0.15) is 13.2 Å². The van der Waals surface area contributed by atoms with Crippen molar-refractivity contribution in [2.75, 3.05) is 88.0 Å². The van der Waals surface area contributed by atoms with E-state index in [0.29, 0.717) is 114 Å². The number of aryl methyl sites for hydroxylation is 1. The highest BCUT2D eigenvalue weighted by molar-refractivity contribution is 7.99. The minimum Gasteiger partial charge on any atom is -0.391 e. The lowest BCUT2D eigenvalue weighted by molar-refractivity contribution is -0.144. The summed E-state index contributed by atoms with van der Waals surface area (Å²) in [6, 6.07) is 27.4. The van der Waals surface area contributed by atoms with Crippen molar-refractivity contribution in [2.45, 2.75) is 169 Å². The zero-order valence-electron chi connectivity index (χ0n) is 60.4. The summed E-state index contributed by atoms with van der Waals surface area (Å²) in [5, 5.41) is 20.1. The molecule has 572 valence electrons. The number of likely N-dealkylation sites (tertiary alicyclic amines) is 1. The number of aliphatic hydroxyl groups excluding tert-OH is 1. The number of hydrogen-bond donors (Lipinski definition) is 5. The number of carbonyl (C=O) groups is 5. The maximum atomic E-state index is 15.1. The summed E-state index contributed by atoms with van der Waals surface area (Å²) in [6.45, 7) is 14.8. The molecule has 0 radical (unpaired) electrons. The number of halogens is 5. The van der Waals surface area contributed by atoms with Crippen molar-refractivity contribution >= 4 is 101 Å². The van der Waals surface area contributed by atoms with Crippen molar-refractivity contribution in [3.05, 3.63) is 160 Å². The Kier molecular flexibility index (Phi) is 27.7. The Balaban J connectivity index is 0.679. The standard InChI is InChI=1S/C77H95ClF4N10O10S4/c1-51(53-22-24-54(25-23-53)71-52(2)83-50-104-71)84-74(97)67-45-60(93)48-92(67)75(98)72(76(3,4)5)86-69(94)20-14-6-7-15-21-70(95)91-42-36-88(37-43-91)35-34-58(49-103-61-17-11-9-12-18-61)85-66-33-31-62(46-68(66)105(99,100)77(80,81)82)106(101,102)87-73(96)55-26-29-59(30-27-55)90-40-38-89(39-41-90)47-56-16-10-8-13-19-63(56)64-32-28-57(78)44-65(64)79/h9,11-12,17-18,22-33,44,46,50-51,58,60,67,72,85,93H,6-8,10,13-16,19-21,34-43,45,47-49H2,1-5H3,(H,84,97)(H,86,94)(H,87,96)/t51-,58+,60+,67-,72+/m0/s1. The number of rotatable bonds is 29. The zero-order valence-corrected chi connectivity index (χ0v) is 64.5. The van der Waals surface area contributed by atoms with E-state index < -0.39 is 94.3 Å². The van der Waals surface area contributed by atoms with Gasteiger partial charge in [0.1, 0.15) is 22.8 Å². The molecule has 5 amide bonds. The van der Waals surface area contributed by atoms with Gasteiger partial charge in [-0.25, -0.2) is 30.9 Å². The lowest BCUT2D eigenvalue weighted by Crippen LogP contribution is -2.57. The third kappa shape index (κ3) is 21.3. The van der Waals surface area contributed by atoms with E-state index in [0.717, 1.165) is 82.1 Å². The molecule has 3 saturated heterocycles. The maximum absolute atomic E-state index is 15.1. The van der Waals surface area contributed by atoms with E-state index >= 15 is 4.39 Å². The highest BCUT2D eigenvalue weighted by Crippen LogP contribution is 2.39. The van der Waals surface area contributed by atoms with Gasteiger partial charge in [0.05, 0.1) is 38.8 Å². The molecule has 5 N–H and O–H groups in total. The van der Waals surface area contributed by atoms with Gasteiger partial charge in [0.15, 0.2) is 0 Å². The number of amides is 5. The Labute approximate surface area is 632 Å². The number of sulfonamides is 1. The van der Waals surface area contributed by atoms with Crippen LogP contribution in [0, 0.1) is 18.2 Å². The van der Waals surface area contributed by atoms with E-state index in [4.69, 9.17) is 11.6 Å². The molecule has 4 aliphatic rings. The van der Waals surface area contributed by atoms with E-state index in [2.05, 4.69) is 35.6 Å². The lowest BCUT2D eigenvalue weighted by Gasteiger charge is -2.37. The molecular weight excluding hydrogens is 1460 g/mol. The van der Waals surface area contributed by atoms with Gasteiger partial charge < -0.3 is 35.8 Å². The fraction of sp³-hybridized carbons (Fsp3) is 0.481. The molecular formula is C77H95ClF4N10O10S4. The fourth-order valence-corrected chi connectivity index (χ4v) is 18.0. The van der Waals surface area contributed by atoms with Gasteiger partial charge in [0, 0.05) is 130 Å². The Morgan fingerprint density at radius 2 is 1.45 bits per heavy atom. The van der Waals surface area contributed by atoms with Gasteiger partial charge in [0.2, 0.25) is 23.6 Å². The van der Waals surface area contributed by atoms with Crippen LogP contribution in [0.1, 0.15) is 144 Å². The van der Waals surface area contributed by atoms with E-state index in [-0.39, 0.29) is 54.8 Å². The number of anilines is 2. The van der Waals surface area contributed by atoms with Crippen LogP contribution in [-0.2, 0) is 39.0 Å². The summed E-state index contributed by atoms with van der Waals surface area (Å²) in [5.74, 6) is -2.38. The Morgan fingerprint density at radius 1 is 0.774 bits per heavy atom. The highest BCUT2D eigenvalue weighted by Gasteiger charge is 2.49. The number of aliphatic hydroxyl groups is 1. The summed E-state index contributed by atoms with van der Waals surface area (Å²) in [6.07, 6.45) is 6.99. The number of benzene rings is 5. The van der Waals surface area contributed by atoms with Crippen molar-refractivity contribution in [3.8, 4) is 10.4 Å². The Bertz CT molecular complexity index is 4320. The second-order valence-electron chi connectivity index (χ2n) is 28.9. The number of nitrogens with zero attached hydrogens (tertiary/aromatic N) is 6. The summed E-state index contributed by atoms with van der Waals surface area (Å²) < 4.78 is 115. The van der Waals surface area contributed by atoms with Gasteiger partial charge >= 0.3 is 5.51 Å². The molecule has 0 spiro atoms. The minimum atomic E-state index is -6.19. The SMILES string of the molecule is Cc1ncsc1-c1ccc([C@H](C)NC(=O)[C@@H]2C[C@@H](O)CN2C(=O)[C@@H](NC(=O)CCCCCCC(=O)N2CCN(CC[C@H](CSc3ccccc3)Nc3ccc(S(=O)(=O)NC(=O)c4ccc(N5CCN(CC6=C(c7ccc(Cl)cc7F)CCCCC6)CC5)cc4)cc3S(=O)(=O)C(F)(F)F)CC2)C(C)(C)C)cc1. The molecule has 0 bridgehead atoms. The molecule has 1 aliphatic carbocycles. The first-order chi connectivity index (χ1) is 50.4. The molecule has 3 fully saturated rings. The molecule has 0 saturated carbocycles. The Morgan fingerprint density at radius 3 is 2.11 bits per heavy atom. The number of allylic oxidation sites excluding steroid dienone is 1. The number of thioether (sulfide) groups is 1. The molecule has 6 aromatic rings. The van der Waals surface area contributed by atoms with Crippen LogP contribution < -0.4 is 25.6 Å². The summed E-state index contributed by atoms with van der Waals surface area (Å²) in [4.78, 5) is 82.3. The van der Waals surface area contributed by atoms with Crippen molar-refractivity contribution in [3.63, 3.8) is 0 Å². The van der Waals surface area contributed by atoms with Gasteiger partial charge in [0.25, 0.3) is 25.8 Å². The molecule has 5 atom stereocenters. The molecule has 10 rings (SSSR count). The van der Waals surface area contributed by atoms with Crippen LogP contribution in [0.5, 0.6) is 0 Å². The number of hydrogen-bond acceptors (Lipinski definition) is 17. The number of piperazine rings is 2. The third-order valence-electron chi connectivity index (χ3n) is 20.1. The molecule has 0 unspecified atom stereocenters. The molecule has 29 heteroatoms. The van der Waals surface area contributed by atoms with Gasteiger partial charge in [-0.15, -0.1) is 23.1 Å². The van der Waals surface area contributed by atoms with E-state index in [9.17, 15) is 59.1 Å². The normalized spacial score (nSPS) is 18.2. The third-order valence-corrected chi connectivity index (χ3v) is 25.4. The zero-order chi connectivity index (χ0) is 76.1. The minimum absolute atomic E-state index is 0.0305. The predicted octanol–water partition coefficient (Wildman–Crippen LogP) is 12.7. The van der Waals surface area contributed by atoms with Crippen molar-refractivity contribution in [2.24, 2.45) is 5.41 Å². The van der Waals surface area contributed by atoms with Gasteiger partial charge in [-0.1, -0.05) is 106 Å². The van der Waals surface area contributed by atoms with Crippen LogP contribution in [0.15, 0.2) is 141 Å². The number of sulfone groups is 1. The molecule has 106 heavy (non-hydrogen) atoms. The number of carbonyl (C=O) groups excluding carboxylic acids is 5. The number of thiazole rings is 1. The van der Waals surface area contributed by atoms with Crippen LogP contribution in [0.4, 0.5) is 28.9 Å². The van der Waals surface area contributed by atoms with Crippen molar-refractivity contribution in [1.29, 1.82) is 0 Å². The van der Waals surface area contributed by atoms with E-state index in [1.165, 1.54) is 40.4 Å². The lowest BCUT2D eigenvalue weighted by atomic mass is 9.85. The quantitative estimate of drug-likeness (QED) is 0.0166. The largest absolute Gasteiger partial charge is 0.501 e. The topological polar surface area (TPSA) is 251 Å². The van der Waals surface area contributed by atoms with Crippen LogP contribution in [0.25, 0.3) is 16.0 Å². The predicted molar refractivity (Wildman–Crippen MR) is 407 cm³/mol. The first-order valence-corrected chi connectivity index (χ1v) is 41.4. The number of aromatic nitrogens is 1. The molecule has 1 aromatic heterocycles. The molecule has 3 aliphatic heterocycles. The first-order valence-electron chi connectivity index (χ1n) is 36.2. The number of β-amino-alcohol motifs (C(OH)–C–C–N with tert-alkyl or cyclic N) is 1. The fourth-order valence-electron chi connectivity index (χ4n) is 14.0. The van der Waals surface area contributed by atoms with Crippen LogP contribution >= 0.6 is 34.7 Å². The molecule has 20 nitrogen and oxygen atoms in total. The summed E-state index contributed by atoms with van der Waals surface area (Å²) in [5.41, 5.74) is 1.12. The van der Waals surface area contributed by atoms with E-state index in [1.807, 2.05) is 93.9 Å². The number of alkyl halides is 3. The molecule has 4 heterocycles. The van der Waals surface area contributed by atoms with Gasteiger partial charge in [-0.3, -0.25) is 33.8 Å². The van der Waals surface area contributed by atoms with Gasteiger partial charge in [-0.05, 0) is 148 Å².